The summed E-state index contributed by atoms with van der Waals surface area (Å²) in [6.07, 6.45) is 2.13. The van der Waals surface area contributed by atoms with E-state index in [9.17, 15) is 9.59 Å². The molecule has 5 heteroatoms. The summed E-state index contributed by atoms with van der Waals surface area (Å²) in [5.74, 6) is -0.892. The lowest BCUT2D eigenvalue weighted by atomic mass is 10.1. The number of nitrogens with one attached hydrogen (secondary N) is 1. The van der Waals surface area contributed by atoms with Gasteiger partial charge in [0.05, 0.1) is 0 Å². The molecule has 0 aliphatic carbocycles. The van der Waals surface area contributed by atoms with Crippen molar-refractivity contribution in [3.63, 3.8) is 0 Å². The number of hydrogen-bond acceptors (Lipinski definition) is 4. The van der Waals surface area contributed by atoms with Crippen molar-refractivity contribution in [1.82, 2.24) is 0 Å². The highest BCUT2D eigenvalue weighted by atomic mass is 32.1. The molecule has 0 unspecified atom stereocenters. The Kier molecular flexibility index (Phi) is 5.71. The smallest absolute Gasteiger partial charge is 0.331 e. The molecule has 1 N–H and O–H groups in total. The van der Waals surface area contributed by atoms with E-state index in [1.54, 1.807) is 13.0 Å². The van der Waals surface area contributed by atoms with E-state index >= 15 is 0 Å². The van der Waals surface area contributed by atoms with Gasteiger partial charge in [0.2, 0.25) is 0 Å². The molecule has 0 saturated carbocycles. The molecule has 0 spiro atoms. The summed E-state index contributed by atoms with van der Waals surface area (Å²) in [4.78, 5) is 24.8. The molecule has 23 heavy (non-hydrogen) atoms. The zero-order valence-electron chi connectivity index (χ0n) is 13.3. The summed E-state index contributed by atoms with van der Waals surface area (Å²) in [6, 6.07) is 9.54. The zero-order valence-corrected chi connectivity index (χ0v) is 14.1. The second-order valence-corrected chi connectivity index (χ2v) is 6.21. The molecule has 0 fully saturated rings. The minimum absolute atomic E-state index is 0.352. The second-order valence-electron chi connectivity index (χ2n) is 5.24. The fraction of sp³-hybridized carbons (Fsp3) is 0.222. The first-order valence-corrected chi connectivity index (χ1v) is 8.14. The number of amides is 1. The number of aryl methyl sites for hydroxylation is 2. The number of esters is 1. The van der Waals surface area contributed by atoms with E-state index in [2.05, 4.69) is 5.32 Å². The number of benzene rings is 1. The van der Waals surface area contributed by atoms with Gasteiger partial charge in [0, 0.05) is 16.6 Å². The molecule has 0 saturated heterocycles. The number of anilines is 1. The van der Waals surface area contributed by atoms with E-state index in [1.807, 2.05) is 49.6 Å². The van der Waals surface area contributed by atoms with E-state index in [1.165, 1.54) is 17.4 Å². The van der Waals surface area contributed by atoms with Gasteiger partial charge >= 0.3 is 5.97 Å². The van der Waals surface area contributed by atoms with Crippen molar-refractivity contribution >= 4 is 35.0 Å². The Hall–Kier alpha value is -2.40. The molecule has 0 bridgehead atoms. The van der Waals surface area contributed by atoms with Gasteiger partial charge in [0.15, 0.2) is 6.10 Å². The zero-order chi connectivity index (χ0) is 16.8. The lowest BCUT2D eigenvalue weighted by Gasteiger charge is -2.14. The van der Waals surface area contributed by atoms with Crippen LogP contribution in [0, 0.1) is 13.8 Å². The van der Waals surface area contributed by atoms with Gasteiger partial charge in [-0.2, -0.15) is 0 Å². The Balaban J connectivity index is 1.90. The fourth-order valence-electron chi connectivity index (χ4n) is 1.99. The summed E-state index contributed by atoms with van der Waals surface area (Å²) in [5, 5.41) is 4.70. The number of thiophene rings is 1. The van der Waals surface area contributed by atoms with Gasteiger partial charge in [-0.25, -0.2) is 4.79 Å². The van der Waals surface area contributed by atoms with Gasteiger partial charge in [0.25, 0.3) is 5.91 Å². The van der Waals surface area contributed by atoms with Gasteiger partial charge in [0.1, 0.15) is 0 Å². The summed E-state index contributed by atoms with van der Waals surface area (Å²) in [6.45, 7) is 5.46. The Morgan fingerprint density at radius 3 is 2.70 bits per heavy atom. The van der Waals surface area contributed by atoms with Crippen LogP contribution in [0.15, 0.2) is 41.8 Å². The van der Waals surface area contributed by atoms with Gasteiger partial charge in [-0.3, -0.25) is 4.79 Å². The van der Waals surface area contributed by atoms with Crippen LogP contribution in [-0.2, 0) is 14.3 Å². The molecule has 0 aliphatic rings. The maximum absolute atomic E-state index is 12.1. The Morgan fingerprint density at radius 1 is 1.26 bits per heavy atom. The van der Waals surface area contributed by atoms with Gasteiger partial charge in [-0.1, -0.05) is 23.8 Å². The maximum atomic E-state index is 12.1. The monoisotopic (exact) mass is 329 g/mol. The van der Waals surface area contributed by atoms with E-state index in [0.717, 1.165) is 21.7 Å². The van der Waals surface area contributed by atoms with Crippen molar-refractivity contribution in [3.05, 3.63) is 57.8 Å². The predicted octanol–water partition coefficient (Wildman–Crippen LogP) is 3.95. The van der Waals surface area contributed by atoms with Crippen LogP contribution in [0.4, 0.5) is 5.69 Å². The third kappa shape index (κ3) is 5.07. The highest BCUT2D eigenvalue weighted by Gasteiger charge is 2.17. The van der Waals surface area contributed by atoms with Crippen LogP contribution >= 0.6 is 11.3 Å². The van der Waals surface area contributed by atoms with Crippen LogP contribution in [-0.4, -0.2) is 18.0 Å². The lowest BCUT2D eigenvalue weighted by Crippen LogP contribution is -2.29. The van der Waals surface area contributed by atoms with Crippen molar-refractivity contribution in [2.45, 2.75) is 26.9 Å². The Morgan fingerprint density at radius 2 is 2.04 bits per heavy atom. The molecule has 1 aromatic heterocycles. The number of rotatable bonds is 5. The van der Waals surface area contributed by atoms with Crippen LogP contribution in [0.25, 0.3) is 6.08 Å². The van der Waals surface area contributed by atoms with Crippen LogP contribution < -0.4 is 5.32 Å². The lowest BCUT2D eigenvalue weighted by molar-refractivity contribution is -0.148. The largest absolute Gasteiger partial charge is 0.449 e. The molecular formula is C18H19NO3S. The van der Waals surface area contributed by atoms with Crippen LogP contribution in [0.1, 0.15) is 22.9 Å². The molecule has 1 heterocycles. The SMILES string of the molecule is Cc1ccc(NC(=O)[C@H](C)OC(=O)/C=C/c2cccs2)c(C)c1. The Bertz CT molecular complexity index is 720. The summed E-state index contributed by atoms with van der Waals surface area (Å²) in [5.41, 5.74) is 2.81. The summed E-state index contributed by atoms with van der Waals surface area (Å²) < 4.78 is 5.11. The third-order valence-corrected chi connectivity index (χ3v) is 4.07. The van der Waals surface area contributed by atoms with E-state index < -0.39 is 12.1 Å². The minimum Gasteiger partial charge on any atom is -0.449 e. The molecule has 2 aromatic rings. The molecule has 1 aromatic carbocycles. The third-order valence-electron chi connectivity index (χ3n) is 3.23. The molecule has 2 rings (SSSR count). The maximum Gasteiger partial charge on any atom is 0.331 e. The molecule has 120 valence electrons. The van der Waals surface area contributed by atoms with Gasteiger partial charge in [-0.15, -0.1) is 11.3 Å². The van der Waals surface area contributed by atoms with E-state index in [-0.39, 0.29) is 5.91 Å². The van der Waals surface area contributed by atoms with E-state index in [4.69, 9.17) is 4.74 Å². The number of carbonyl (C=O) groups is 2. The van der Waals surface area contributed by atoms with Crippen molar-refractivity contribution in [1.29, 1.82) is 0 Å². The molecule has 0 aliphatic heterocycles. The highest BCUT2D eigenvalue weighted by Crippen LogP contribution is 2.16. The molecule has 1 amide bonds. The number of ether oxygens (including phenoxy) is 1. The Labute approximate surface area is 139 Å². The average molecular weight is 329 g/mol. The summed E-state index contributed by atoms with van der Waals surface area (Å²) in [7, 11) is 0. The van der Waals surface area contributed by atoms with Crippen molar-refractivity contribution < 1.29 is 14.3 Å². The highest BCUT2D eigenvalue weighted by molar-refractivity contribution is 7.10. The van der Waals surface area contributed by atoms with E-state index in [0.29, 0.717) is 0 Å². The van der Waals surface area contributed by atoms with Crippen LogP contribution in [0.2, 0.25) is 0 Å². The standard InChI is InChI=1S/C18H19NO3S/c1-12-6-8-16(13(2)11-12)19-18(21)14(3)22-17(20)9-7-15-5-4-10-23-15/h4-11,14H,1-3H3,(H,19,21)/b9-7+/t14-/m0/s1. The van der Waals surface area contributed by atoms with Crippen molar-refractivity contribution in [3.8, 4) is 0 Å². The molecule has 1 atom stereocenters. The molecule has 4 nitrogen and oxygen atoms in total. The van der Waals surface area contributed by atoms with Crippen LogP contribution in [0.5, 0.6) is 0 Å². The first-order valence-electron chi connectivity index (χ1n) is 7.26. The summed E-state index contributed by atoms with van der Waals surface area (Å²) >= 11 is 1.52. The normalized spacial score (nSPS) is 12.1. The molecular weight excluding hydrogens is 310 g/mol. The van der Waals surface area contributed by atoms with Crippen LogP contribution in [0.3, 0.4) is 0 Å². The minimum atomic E-state index is -0.865. The topological polar surface area (TPSA) is 55.4 Å². The van der Waals surface area contributed by atoms with Gasteiger partial charge in [-0.05, 0) is 49.9 Å². The van der Waals surface area contributed by atoms with Gasteiger partial charge < -0.3 is 10.1 Å². The number of carbonyl (C=O) groups excluding carboxylic acids is 2. The predicted molar refractivity (Wildman–Crippen MR) is 93.5 cm³/mol. The van der Waals surface area contributed by atoms with Crippen molar-refractivity contribution in [2.75, 3.05) is 5.32 Å². The van der Waals surface area contributed by atoms with Crippen molar-refractivity contribution in [2.24, 2.45) is 0 Å². The fourth-order valence-corrected chi connectivity index (χ4v) is 2.61. The second kappa shape index (κ2) is 7.74. The molecule has 0 radical (unpaired) electrons. The first-order chi connectivity index (χ1) is 11.0. The number of hydrogen-bond donors (Lipinski definition) is 1. The first kappa shape index (κ1) is 17.0. The quantitative estimate of drug-likeness (QED) is 0.667. The average Bonchev–Trinajstić information content (AvgIpc) is 3.01.